The topological polar surface area (TPSA) is 6.48 Å². The molecular formula is C28H48N2. The summed E-state index contributed by atoms with van der Waals surface area (Å²) in [5.74, 6) is 0. The zero-order valence-corrected chi connectivity index (χ0v) is 20.0. The van der Waals surface area contributed by atoms with E-state index >= 15 is 0 Å². The molecule has 2 heteroatoms. The van der Waals surface area contributed by atoms with Gasteiger partial charge in [-0.25, -0.2) is 0 Å². The van der Waals surface area contributed by atoms with Crippen LogP contribution in [-0.2, 0) is 6.54 Å². The third-order valence-electron chi connectivity index (χ3n) is 6.51. The minimum Gasteiger partial charge on any atom is -0.356 e. The second-order valence-corrected chi connectivity index (χ2v) is 9.21. The molecule has 0 aliphatic carbocycles. The first-order chi connectivity index (χ1) is 14.8. The molecule has 2 nitrogen and oxygen atoms in total. The summed E-state index contributed by atoms with van der Waals surface area (Å²) in [5.41, 5.74) is 1.42. The second-order valence-electron chi connectivity index (χ2n) is 9.21. The number of rotatable bonds is 18. The Labute approximate surface area is 187 Å². The molecule has 0 aromatic heterocycles. The van der Waals surface area contributed by atoms with E-state index in [9.17, 15) is 0 Å². The quantitative estimate of drug-likeness (QED) is 0.223. The lowest BCUT2D eigenvalue weighted by Gasteiger charge is -2.33. The standard InChI is InChI=1S/C28H48N2/c1-3-5-7-9-11-12-13-18-22-28-29(23-19-14-10-8-6-4-2)24-25-30(28)26-27-20-16-15-17-21-27/h15-17,20-21,24-25,28H,3-14,18-19,22-23,26H2,1-2H3. The van der Waals surface area contributed by atoms with Gasteiger partial charge in [-0.3, -0.25) is 0 Å². The Morgan fingerprint density at radius 1 is 0.600 bits per heavy atom. The van der Waals surface area contributed by atoms with Crippen molar-refractivity contribution in [2.75, 3.05) is 6.54 Å². The Morgan fingerprint density at radius 3 is 1.77 bits per heavy atom. The number of benzene rings is 1. The Morgan fingerprint density at radius 2 is 1.13 bits per heavy atom. The summed E-state index contributed by atoms with van der Waals surface area (Å²) in [6.07, 6.45) is 26.1. The van der Waals surface area contributed by atoms with Crippen molar-refractivity contribution < 1.29 is 0 Å². The summed E-state index contributed by atoms with van der Waals surface area (Å²) in [5, 5.41) is 0. The smallest absolute Gasteiger partial charge is 0.101 e. The van der Waals surface area contributed by atoms with Gasteiger partial charge in [-0.05, 0) is 24.8 Å². The van der Waals surface area contributed by atoms with Gasteiger partial charge in [0.15, 0.2) is 0 Å². The van der Waals surface area contributed by atoms with E-state index in [1.807, 2.05) is 0 Å². The van der Waals surface area contributed by atoms with E-state index in [4.69, 9.17) is 0 Å². The molecular weight excluding hydrogens is 364 g/mol. The van der Waals surface area contributed by atoms with Gasteiger partial charge in [0.05, 0.1) is 0 Å². The SMILES string of the molecule is CCCCCCCCCCC1N(CCCCCCCC)C=CN1Cc1ccccc1. The second kappa shape index (κ2) is 16.3. The van der Waals surface area contributed by atoms with E-state index in [-0.39, 0.29) is 0 Å². The number of hydrogen-bond acceptors (Lipinski definition) is 2. The first-order valence-corrected chi connectivity index (χ1v) is 13.1. The minimum absolute atomic E-state index is 0.556. The highest BCUT2D eigenvalue weighted by molar-refractivity contribution is 5.15. The highest BCUT2D eigenvalue weighted by Gasteiger charge is 2.25. The lowest BCUT2D eigenvalue weighted by Crippen LogP contribution is -2.38. The fraction of sp³-hybridized carbons (Fsp3) is 0.714. The first-order valence-electron chi connectivity index (χ1n) is 13.1. The van der Waals surface area contributed by atoms with Crippen LogP contribution in [0.5, 0.6) is 0 Å². The van der Waals surface area contributed by atoms with Crippen LogP contribution in [0.4, 0.5) is 0 Å². The summed E-state index contributed by atoms with van der Waals surface area (Å²) >= 11 is 0. The molecule has 0 bridgehead atoms. The molecule has 1 aliphatic rings. The Kier molecular flexibility index (Phi) is 13.5. The predicted molar refractivity (Wildman–Crippen MR) is 132 cm³/mol. The largest absolute Gasteiger partial charge is 0.356 e. The van der Waals surface area contributed by atoms with Crippen LogP contribution in [0.2, 0.25) is 0 Å². The van der Waals surface area contributed by atoms with Crippen LogP contribution in [0.25, 0.3) is 0 Å². The van der Waals surface area contributed by atoms with E-state index in [2.05, 4.69) is 66.4 Å². The molecule has 30 heavy (non-hydrogen) atoms. The molecule has 1 aromatic rings. The highest BCUT2D eigenvalue weighted by atomic mass is 15.4. The number of nitrogens with zero attached hydrogens (tertiary/aromatic N) is 2. The average Bonchev–Trinajstić information content (AvgIpc) is 3.14. The Hall–Kier alpha value is -1.44. The van der Waals surface area contributed by atoms with Crippen LogP contribution in [0.3, 0.4) is 0 Å². The van der Waals surface area contributed by atoms with Gasteiger partial charge in [-0.15, -0.1) is 0 Å². The Bertz CT molecular complexity index is 539. The van der Waals surface area contributed by atoms with Crippen molar-refractivity contribution in [3.05, 3.63) is 48.3 Å². The predicted octanol–water partition coefficient (Wildman–Crippen LogP) is 8.49. The van der Waals surface area contributed by atoms with Crippen molar-refractivity contribution in [3.8, 4) is 0 Å². The maximum absolute atomic E-state index is 2.63. The molecule has 0 spiro atoms. The summed E-state index contributed by atoms with van der Waals surface area (Å²) in [7, 11) is 0. The van der Waals surface area contributed by atoms with Crippen molar-refractivity contribution in [2.45, 2.75) is 123 Å². The maximum atomic E-state index is 2.63. The lowest BCUT2D eigenvalue weighted by atomic mass is 10.1. The van der Waals surface area contributed by atoms with Gasteiger partial charge in [0, 0.05) is 25.5 Å². The summed E-state index contributed by atoms with van der Waals surface area (Å²) in [6.45, 7) is 6.85. The van der Waals surface area contributed by atoms with Gasteiger partial charge in [-0.1, -0.05) is 121 Å². The van der Waals surface area contributed by atoms with E-state index in [1.54, 1.807) is 0 Å². The number of unbranched alkanes of at least 4 members (excludes halogenated alkanes) is 12. The van der Waals surface area contributed by atoms with Gasteiger partial charge in [0.25, 0.3) is 0 Å². The van der Waals surface area contributed by atoms with Gasteiger partial charge in [-0.2, -0.15) is 0 Å². The van der Waals surface area contributed by atoms with Gasteiger partial charge < -0.3 is 9.80 Å². The molecule has 0 saturated heterocycles. The zero-order chi connectivity index (χ0) is 21.3. The molecule has 0 radical (unpaired) electrons. The monoisotopic (exact) mass is 412 g/mol. The van der Waals surface area contributed by atoms with Crippen molar-refractivity contribution in [3.63, 3.8) is 0 Å². The fourth-order valence-corrected chi connectivity index (χ4v) is 4.60. The molecule has 0 N–H and O–H groups in total. The van der Waals surface area contributed by atoms with Gasteiger partial charge in [0.2, 0.25) is 0 Å². The van der Waals surface area contributed by atoms with Crippen LogP contribution in [0.15, 0.2) is 42.7 Å². The minimum atomic E-state index is 0.556. The fourth-order valence-electron chi connectivity index (χ4n) is 4.60. The molecule has 0 amide bonds. The van der Waals surface area contributed by atoms with Gasteiger partial charge >= 0.3 is 0 Å². The molecule has 170 valence electrons. The van der Waals surface area contributed by atoms with Crippen molar-refractivity contribution in [2.24, 2.45) is 0 Å². The molecule has 1 aliphatic heterocycles. The van der Waals surface area contributed by atoms with Crippen molar-refractivity contribution in [1.82, 2.24) is 9.80 Å². The van der Waals surface area contributed by atoms with Crippen LogP contribution >= 0.6 is 0 Å². The third kappa shape index (κ3) is 10.0. The summed E-state index contributed by atoms with van der Waals surface area (Å²) < 4.78 is 0. The average molecular weight is 413 g/mol. The van der Waals surface area contributed by atoms with Crippen LogP contribution < -0.4 is 0 Å². The van der Waals surface area contributed by atoms with Crippen LogP contribution in [-0.4, -0.2) is 22.5 Å². The molecule has 1 atom stereocenters. The Balaban J connectivity index is 1.74. The highest BCUT2D eigenvalue weighted by Crippen LogP contribution is 2.25. The number of hydrogen-bond donors (Lipinski definition) is 0. The van der Waals surface area contributed by atoms with Gasteiger partial charge in [0.1, 0.15) is 6.17 Å². The molecule has 2 rings (SSSR count). The van der Waals surface area contributed by atoms with E-state index in [0.717, 1.165) is 6.54 Å². The zero-order valence-electron chi connectivity index (χ0n) is 20.0. The van der Waals surface area contributed by atoms with Crippen LogP contribution in [0, 0.1) is 0 Å². The third-order valence-corrected chi connectivity index (χ3v) is 6.51. The molecule has 1 unspecified atom stereocenters. The normalized spacial score (nSPS) is 16.0. The van der Waals surface area contributed by atoms with Crippen LogP contribution in [0.1, 0.15) is 116 Å². The van der Waals surface area contributed by atoms with E-state index in [0.29, 0.717) is 6.17 Å². The van der Waals surface area contributed by atoms with Crippen molar-refractivity contribution in [1.29, 1.82) is 0 Å². The lowest BCUT2D eigenvalue weighted by molar-refractivity contribution is 0.132. The molecule has 0 saturated carbocycles. The summed E-state index contributed by atoms with van der Waals surface area (Å²) in [6, 6.07) is 11.0. The molecule has 1 heterocycles. The summed E-state index contributed by atoms with van der Waals surface area (Å²) in [4.78, 5) is 5.21. The molecule has 1 aromatic carbocycles. The van der Waals surface area contributed by atoms with E-state index in [1.165, 1.54) is 108 Å². The maximum Gasteiger partial charge on any atom is 0.101 e. The van der Waals surface area contributed by atoms with E-state index < -0.39 is 0 Å². The van der Waals surface area contributed by atoms with Crippen molar-refractivity contribution >= 4 is 0 Å². The first kappa shape index (κ1) is 24.8. The molecule has 0 fully saturated rings.